The molecule has 0 aliphatic rings. The predicted molar refractivity (Wildman–Crippen MR) is 60.8 cm³/mol. The van der Waals surface area contributed by atoms with Gasteiger partial charge in [0.05, 0.1) is 5.88 Å². The maximum atomic E-state index is 11.1. The summed E-state index contributed by atoms with van der Waals surface area (Å²) in [5.74, 6) is 0.181. The Balaban J connectivity index is 3.07. The lowest BCUT2D eigenvalue weighted by Crippen LogP contribution is -1.97. The van der Waals surface area contributed by atoms with Crippen molar-refractivity contribution in [3.8, 4) is 0 Å². The van der Waals surface area contributed by atoms with E-state index in [0.717, 1.165) is 5.56 Å². The molecule has 1 aromatic carbocycles. The van der Waals surface area contributed by atoms with Crippen LogP contribution in [0.1, 0.15) is 12.5 Å². The van der Waals surface area contributed by atoms with Crippen molar-refractivity contribution < 1.29 is 4.79 Å². The highest BCUT2D eigenvalue weighted by Crippen LogP contribution is 2.18. The molecule has 0 amide bonds. The van der Waals surface area contributed by atoms with Gasteiger partial charge in [-0.15, -0.1) is 11.6 Å². The minimum absolute atomic E-state index is 0.0279. The zero-order chi connectivity index (χ0) is 10.6. The number of hydrogen-bond donors (Lipinski definition) is 0. The van der Waals surface area contributed by atoms with Crippen LogP contribution in [0, 0.1) is 0 Å². The molecule has 0 fully saturated rings. The molecule has 74 valence electrons. The number of allylic oxidation sites excluding steroid dienone is 1. The monoisotopic (exact) mass is 228 g/mol. The summed E-state index contributed by atoms with van der Waals surface area (Å²) in [6.07, 6.45) is 1.72. The summed E-state index contributed by atoms with van der Waals surface area (Å²) in [6.45, 7) is 1.49. The molecule has 0 atom stereocenters. The lowest BCUT2D eigenvalue weighted by atomic mass is 10.1. The highest BCUT2D eigenvalue weighted by atomic mass is 35.5. The van der Waals surface area contributed by atoms with Gasteiger partial charge in [0.15, 0.2) is 5.78 Å². The van der Waals surface area contributed by atoms with Crippen LogP contribution < -0.4 is 0 Å². The van der Waals surface area contributed by atoms with Crippen LogP contribution in [0.4, 0.5) is 0 Å². The van der Waals surface area contributed by atoms with E-state index < -0.39 is 0 Å². The Morgan fingerprint density at radius 3 is 2.57 bits per heavy atom. The van der Waals surface area contributed by atoms with Crippen LogP contribution in [-0.4, -0.2) is 11.7 Å². The highest BCUT2D eigenvalue weighted by molar-refractivity contribution is 6.32. The second kappa shape index (κ2) is 5.18. The summed E-state index contributed by atoms with van der Waals surface area (Å²) >= 11 is 11.6. The van der Waals surface area contributed by atoms with E-state index in [9.17, 15) is 4.79 Å². The quantitative estimate of drug-likeness (QED) is 0.572. The molecule has 14 heavy (non-hydrogen) atoms. The first-order valence-electron chi connectivity index (χ1n) is 4.17. The fourth-order valence-electron chi connectivity index (χ4n) is 1.01. The van der Waals surface area contributed by atoms with E-state index in [4.69, 9.17) is 23.2 Å². The van der Waals surface area contributed by atoms with Crippen LogP contribution in [-0.2, 0) is 4.79 Å². The summed E-state index contributed by atoms with van der Waals surface area (Å²) in [6, 6.07) is 7.33. The van der Waals surface area contributed by atoms with Gasteiger partial charge in [0, 0.05) is 10.6 Å². The molecule has 0 saturated carbocycles. The van der Waals surface area contributed by atoms with E-state index in [2.05, 4.69) is 0 Å². The molecule has 0 bridgehead atoms. The van der Waals surface area contributed by atoms with Crippen molar-refractivity contribution in [1.82, 2.24) is 0 Å². The van der Waals surface area contributed by atoms with Crippen molar-refractivity contribution >= 4 is 35.1 Å². The van der Waals surface area contributed by atoms with Crippen LogP contribution in [0.3, 0.4) is 0 Å². The topological polar surface area (TPSA) is 17.1 Å². The molecular formula is C11H10Cl2O. The molecule has 0 spiro atoms. The second-order valence-electron chi connectivity index (χ2n) is 2.88. The van der Waals surface area contributed by atoms with Gasteiger partial charge < -0.3 is 0 Å². The second-order valence-corrected chi connectivity index (χ2v) is 3.56. The fourth-order valence-corrected chi connectivity index (χ4v) is 1.47. The first-order chi connectivity index (χ1) is 6.65. The van der Waals surface area contributed by atoms with Gasteiger partial charge in [0.25, 0.3) is 0 Å². The lowest BCUT2D eigenvalue weighted by Gasteiger charge is -2.00. The van der Waals surface area contributed by atoms with Gasteiger partial charge in [-0.1, -0.05) is 29.8 Å². The highest BCUT2D eigenvalue weighted by Gasteiger charge is 2.03. The summed E-state index contributed by atoms with van der Waals surface area (Å²) in [4.78, 5) is 11.1. The van der Waals surface area contributed by atoms with E-state index in [1.165, 1.54) is 6.92 Å². The van der Waals surface area contributed by atoms with Crippen molar-refractivity contribution in [3.63, 3.8) is 0 Å². The number of alkyl halides is 1. The normalized spacial score (nSPS) is 11.5. The number of benzene rings is 1. The smallest absolute Gasteiger partial charge is 0.157 e. The number of carbonyl (C=O) groups is 1. The number of Topliss-reactive ketones (excluding diaryl/α,β-unsaturated/α-hetero) is 1. The first-order valence-corrected chi connectivity index (χ1v) is 5.08. The van der Waals surface area contributed by atoms with Gasteiger partial charge in [-0.3, -0.25) is 4.79 Å². The number of rotatable bonds is 3. The van der Waals surface area contributed by atoms with Gasteiger partial charge in [0.2, 0.25) is 0 Å². The Labute approximate surface area is 93.3 Å². The third kappa shape index (κ3) is 2.86. The van der Waals surface area contributed by atoms with E-state index in [-0.39, 0.29) is 11.7 Å². The molecule has 0 N–H and O–H groups in total. The standard InChI is InChI=1S/C11H10Cl2O/c1-8(14)10(7-12)6-9-4-2-3-5-11(9)13/h2-6H,7H2,1H3/b10-6+. The Bertz CT molecular complexity index is 369. The molecule has 1 nitrogen and oxygen atoms in total. The van der Waals surface area contributed by atoms with Crippen molar-refractivity contribution in [2.75, 3.05) is 5.88 Å². The lowest BCUT2D eigenvalue weighted by molar-refractivity contribution is -0.113. The number of halogens is 2. The van der Waals surface area contributed by atoms with Gasteiger partial charge >= 0.3 is 0 Å². The molecule has 0 aliphatic heterocycles. The molecule has 3 heteroatoms. The maximum Gasteiger partial charge on any atom is 0.157 e. The Morgan fingerprint density at radius 2 is 2.07 bits per heavy atom. The van der Waals surface area contributed by atoms with Crippen molar-refractivity contribution in [2.24, 2.45) is 0 Å². The van der Waals surface area contributed by atoms with E-state index in [1.54, 1.807) is 12.1 Å². The van der Waals surface area contributed by atoms with Crippen LogP contribution in [0.2, 0.25) is 5.02 Å². The van der Waals surface area contributed by atoms with Gasteiger partial charge in [-0.25, -0.2) is 0 Å². The SMILES string of the molecule is CC(=O)/C(=C/c1ccccc1Cl)CCl. The Morgan fingerprint density at radius 1 is 1.43 bits per heavy atom. The summed E-state index contributed by atoms with van der Waals surface area (Å²) in [5.41, 5.74) is 1.39. The van der Waals surface area contributed by atoms with Gasteiger partial charge in [0.1, 0.15) is 0 Å². The first kappa shape index (κ1) is 11.3. The summed E-state index contributed by atoms with van der Waals surface area (Å²) in [5, 5.41) is 0.622. The fraction of sp³-hybridized carbons (Fsp3) is 0.182. The molecule has 1 rings (SSSR count). The minimum Gasteiger partial charge on any atom is -0.295 e. The molecule has 0 aliphatic carbocycles. The number of carbonyl (C=O) groups excluding carboxylic acids is 1. The largest absolute Gasteiger partial charge is 0.295 e. The molecule has 0 unspecified atom stereocenters. The maximum absolute atomic E-state index is 11.1. The summed E-state index contributed by atoms with van der Waals surface area (Å²) < 4.78 is 0. The van der Waals surface area contributed by atoms with E-state index in [1.807, 2.05) is 18.2 Å². The third-order valence-corrected chi connectivity index (χ3v) is 2.46. The van der Waals surface area contributed by atoms with Crippen molar-refractivity contribution in [2.45, 2.75) is 6.92 Å². The average molecular weight is 229 g/mol. The van der Waals surface area contributed by atoms with E-state index >= 15 is 0 Å². The van der Waals surface area contributed by atoms with E-state index in [0.29, 0.717) is 10.6 Å². The van der Waals surface area contributed by atoms with Gasteiger partial charge in [-0.2, -0.15) is 0 Å². The zero-order valence-corrected chi connectivity index (χ0v) is 9.27. The Hall–Kier alpha value is -0.790. The molecular weight excluding hydrogens is 219 g/mol. The molecule has 0 heterocycles. The zero-order valence-electron chi connectivity index (χ0n) is 7.76. The van der Waals surface area contributed by atoms with Gasteiger partial charge in [-0.05, 0) is 24.6 Å². The molecule has 0 aromatic heterocycles. The minimum atomic E-state index is -0.0279. The number of hydrogen-bond acceptors (Lipinski definition) is 1. The third-order valence-electron chi connectivity index (χ3n) is 1.83. The van der Waals surface area contributed by atoms with Crippen LogP contribution >= 0.6 is 23.2 Å². The predicted octanol–water partition coefficient (Wildman–Crippen LogP) is 3.55. The Kier molecular flexibility index (Phi) is 4.18. The van der Waals surface area contributed by atoms with Crippen LogP contribution in [0.15, 0.2) is 29.8 Å². The van der Waals surface area contributed by atoms with Crippen LogP contribution in [0.5, 0.6) is 0 Å². The van der Waals surface area contributed by atoms with Crippen LogP contribution in [0.25, 0.3) is 6.08 Å². The summed E-state index contributed by atoms with van der Waals surface area (Å²) in [7, 11) is 0. The average Bonchev–Trinajstić information content (AvgIpc) is 2.16. The van der Waals surface area contributed by atoms with Crippen molar-refractivity contribution in [1.29, 1.82) is 0 Å². The molecule has 1 aromatic rings. The molecule has 0 radical (unpaired) electrons. The number of ketones is 1. The van der Waals surface area contributed by atoms with Crippen molar-refractivity contribution in [3.05, 3.63) is 40.4 Å². The molecule has 0 saturated heterocycles.